The van der Waals surface area contributed by atoms with Crippen molar-refractivity contribution < 1.29 is 23.2 Å². The van der Waals surface area contributed by atoms with Crippen LogP contribution in [0.25, 0.3) is 0 Å². The first-order chi connectivity index (χ1) is 13.6. The van der Waals surface area contributed by atoms with Crippen LogP contribution in [0.4, 0.5) is 0 Å². The zero-order chi connectivity index (χ0) is 23.5. The number of carbonyl (C=O) groups is 2. The number of thiol groups is 1. The summed E-state index contributed by atoms with van der Waals surface area (Å²) in [5.74, 6) is -0.475. The molecule has 0 spiro atoms. The molecule has 1 N–H and O–H groups in total. The van der Waals surface area contributed by atoms with E-state index < -0.39 is 5.60 Å². The summed E-state index contributed by atoms with van der Waals surface area (Å²) in [6.07, 6.45) is 2.62. The highest BCUT2D eigenvalue weighted by Crippen LogP contribution is 2.17. The third-order valence-corrected chi connectivity index (χ3v) is 3.63. The number of hydrogen-bond donors (Lipinski definition) is 2. The van der Waals surface area contributed by atoms with E-state index in [-0.39, 0.29) is 36.4 Å². The van der Waals surface area contributed by atoms with Crippen molar-refractivity contribution in [1.29, 1.82) is 0 Å². The molecule has 1 rings (SSSR count). The van der Waals surface area contributed by atoms with Crippen molar-refractivity contribution in [3.8, 4) is 0 Å². The number of rotatable bonds is 8. The molecule has 176 valence electrons. The molecule has 1 heterocycles. The monoisotopic (exact) mass is 437 g/mol. The van der Waals surface area contributed by atoms with Crippen molar-refractivity contribution in [3.05, 3.63) is 0 Å². The van der Waals surface area contributed by atoms with Gasteiger partial charge in [0.25, 0.3) is 0 Å². The van der Waals surface area contributed by atoms with Gasteiger partial charge in [-0.25, -0.2) is 0 Å². The number of ether oxygens (including phenoxy) is 2. The highest BCUT2D eigenvalue weighted by Gasteiger charge is 2.27. The number of hydrogen-bond acceptors (Lipinski definition) is 7. The van der Waals surface area contributed by atoms with Crippen molar-refractivity contribution in [3.63, 3.8) is 0 Å². The molecular formula is C22H47NO5S. The van der Waals surface area contributed by atoms with Crippen molar-refractivity contribution in [2.45, 2.75) is 113 Å². The third-order valence-electron chi connectivity index (χ3n) is 3.48. The van der Waals surface area contributed by atoms with Gasteiger partial charge in [0.2, 0.25) is 0 Å². The summed E-state index contributed by atoms with van der Waals surface area (Å²) >= 11 is 3.78. The van der Waals surface area contributed by atoms with Gasteiger partial charge >= 0.3 is 11.9 Å². The lowest BCUT2D eigenvalue weighted by atomic mass is 9.98. The van der Waals surface area contributed by atoms with E-state index in [4.69, 9.17) is 13.7 Å². The van der Waals surface area contributed by atoms with E-state index in [2.05, 4.69) is 32.1 Å². The highest BCUT2D eigenvalue weighted by atomic mass is 32.1. The highest BCUT2D eigenvalue weighted by molar-refractivity contribution is 7.75. The van der Waals surface area contributed by atoms with Crippen LogP contribution >= 0.6 is 12.9 Å². The van der Waals surface area contributed by atoms with Crippen LogP contribution in [-0.2, 0) is 23.2 Å². The standard InChI is InChI=1S/C15H27NO5S.C3H8.2C2H6/c1-10(16-8-12-5-6-13(17)20-12)11(9-19-22)7-14(18)21-15(2,3)4;1-3-2;2*1-2/h10-12,16,22H,5-9H2,1-4H3;3H2,1-2H3;2*1-2H3. The summed E-state index contributed by atoms with van der Waals surface area (Å²) in [4.78, 5) is 23.0. The molecule has 0 bridgehead atoms. The van der Waals surface area contributed by atoms with Crippen LogP contribution in [0.2, 0.25) is 0 Å². The van der Waals surface area contributed by atoms with Crippen LogP contribution in [0.1, 0.15) is 94.9 Å². The van der Waals surface area contributed by atoms with E-state index in [1.165, 1.54) is 6.42 Å². The molecule has 7 heteroatoms. The van der Waals surface area contributed by atoms with E-state index in [1.807, 2.05) is 55.4 Å². The molecule has 3 atom stereocenters. The van der Waals surface area contributed by atoms with E-state index in [0.717, 1.165) is 6.42 Å². The maximum Gasteiger partial charge on any atom is 0.306 e. The Balaban J connectivity index is -0.000000856. The van der Waals surface area contributed by atoms with Crippen molar-refractivity contribution >= 4 is 24.8 Å². The topological polar surface area (TPSA) is 73.9 Å². The maximum absolute atomic E-state index is 12.0. The summed E-state index contributed by atoms with van der Waals surface area (Å²) in [6.45, 7) is 20.6. The lowest BCUT2D eigenvalue weighted by molar-refractivity contribution is -0.156. The second-order valence-corrected chi connectivity index (χ2v) is 7.66. The van der Waals surface area contributed by atoms with E-state index in [1.54, 1.807) is 0 Å². The minimum atomic E-state index is -0.502. The van der Waals surface area contributed by atoms with Crippen LogP contribution in [0.15, 0.2) is 0 Å². The van der Waals surface area contributed by atoms with Crippen LogP contribution < -0.4 is 5.32 Å². The van der Waals surface area contributed by atoms with E-state index in [9.17, 15) is 9.59 Å². The van der Waals surface area contributed by atoms with Crippen LogP contribution in [0.3, 0.4) is 0 Å². The van der Waals surface area contributed by atoms with E-state index in [0.29, 0.717) is 19.6 Å². The van der Waals surface area contributed by atoms with Gasteiger partial charge in [-0.2, -0.15) is 0 Å². The Kier molecular flexibility index (Phi) is 23.2. The van der Waals surface area contributed by atoms with Gasteiger partial charge in [0, 0.05) is 24.9 Å². The largest absolute Gasteiger partial charge is 0.461 e. The summed E-state index contributed by atoms with van der Waals surface area (Å²) in [7, 11) is 0. The molecular weight excluding hydrogens is 390 g/mol. The second kappa shape index (κ2) is 20.5. The van der Waals surface area contributed by atoms with Gasteiger partial charge in [-0.15, -0.1) is 0 Å². The average molecular weight is 438 g/mol. The number of nitrogens with one attached hydrogen (secondary N) is 1. The predicted octanol–water partition coefficient (Wildman–Crippen LogP) is 5.35. The first-order valence-corrected chi connectivity index (χ1v) is 11.4. The molecule has 0 saturated carbocycles. The normalized spacial score (nSPS) is 17.2. The van der Waals surface area contributed by atoms with Crippen LogP contribution in [0.5, 0.6) is 0 Å². The van der Waals surface area contributed by atoms with Crippen LogP contribution in [0, 0.1) is 5.92 Å². The fourth-order valence-corrected chi connectivity index (χ4v) is 2.47. The van der Waals surface area contributed by atoms with Gasteiger partial charge in [0.05, 0.1) is 13.0 Å². The first-order valence-electron chi connectivity index (χ1n) is 11.0. The smallest absolute Gasteiger partial charge is 0.306 e. The Morgan fingerprint density at radius 1 is 1.24 bits per heavy atom. The molecule has 29 heavy (non-hydrogen) atoms. The molecule has 0 aromatic rings. The van der Waals surface area contributed by atoms with Crippen molar-refractivity contribution in [1.82, 2.24) is 5.32 Å². The van der Waals surface area contributed by atoms with Crippen molar-refractivity contribution in [2.75, 3.05) is 13.2 Å². The van der Waals surface area contributed by atoms with Gasteiger partial charge in [-0.05, 0) is 47.0 Å². The average Bonchev–Trinajstić information content (AvgIpc) is 3.07. The number of esters is 2. The maximum atomic E-state index is 12.0. The molecule has 0 aliphatic carbocycles. The summed E-state index contributed by atoms with van der Waals surface area (Å²) in [5.41, 5.74) is -0.502. The quantitative estimate of drug-likeness (QED) is 0.303. The molecule has 0 radical (unpaired) electrons. The lowest BCUT2D eigenvalue weighted by Crippen LogP contribution is -2.41. The first kappa shape index (κ1) is 32.9. The Morgan fingerprint density at radius 2 is 1.76 bits per heavy atom. The predicted molar refractivity (Wildman–Crippen MR) is 124 cm³/mol. The minimum Gasteiger partial charge on any atom is -0.461 e. The van der Waals surface area contributed by atoms with Gasteiger partial charge < -0.3 is 19.0 Å². The van der Waals surface area contributed by atoms with Gasteiger partial charge in [-0.1, -0.05) is 48.0 Å². The Morgan fingerprint density at radius 3 is 2.14 bits per heavy atom. The zero-order valence-corrected chi connectivity index (χ0v) is 21.4. The Hall–Kier alpha value is -0.790. The fraction of sp³-hybridized carbons (Fsp3) is 0.909. The van der Waals surface area contributed by atoms with E-state index >= 15 is 0 Å². The zero-order valence-electron chi connectivity index (χ0n) is 20.5. The minimum absolute atomic E-state index is 0.0129. The third kappa shape index (κ3) is 20.3. The Bertz CT molecular complexity index is 399. The summed E-state index contributed by atoms with van der Waals surface area (Å²) in [6, 6.07) is 0.0129. The molecule has 1 fully saturated rings. The molecule has 6 nitrogen and oxygen atoms in total. The second-order valence-electron chi connectivity index (χ2n) is 7.40. The molecule has 1 aliphatic rings. The van der Waals surface area contributed by atoms with Gasteiger partial charge in [-0.3, -0.25) is 9.59 Å². The fourth-order valence-electron chi connectivity index (χ4n) is 2.28. The number of cyclic esters (lactones) is 1. The van der Waals surface area contributed by atoms with Crippen molar-refractivity contribution in [2.24, 2.45) is 5.92 Å². The molecule has 1 aliphatic heterocycles. The van der Waals surface area contributed by atoms with Crippen LogP contribution in [-0.4, -0.2) is 42.8 Å². The number of carbonyl (C=O) groups excluding carboxylic acids is 2. The molecule has 0 aromatic carbocycles. The van der Waals surface area contributed by atoms with Gasteiger partial charge in [0.1, 0.15) is 11.7 Å². The molecule has 3 unspecified atom stereocenters. The van der Waals surface area contributed by atoms with Gasteiger partial charge in [0.15, 0.2) is 0 Å². The molecule has 1 saturated heterocycles. The lowest BCUT2D eigenvalue weighted by Gasteiger charge is -2.26. The summed E-state index contributed by atoms with van der Waals surface area (Å²) < 4.78 is 15.4. The Labute approximate surface area is 185 Å². The summed E-state index contributed by atoms with van der Waals surface area (Å²) in [5, 5.41) is 3.30. The molecule has 0 amide bonds. The molecule has 0 aromatic heterocycles. The SMILES string of the molecule is CC.CC.CC(NCC1CCC(=O)O1)C(COS)CC(=O)OC(C)(C)C.CCC.